The molecule has 0 aromatic carbocycles. The molecular formula is C12H18N4S3. The van der Waals surface area contributed by atoms with E-state index in [0.29, 0.717) is 5.92 Å². The fourth-order valence-electron chi connectivity index (χ4n) is 1.91. The lowest BCUT2D eigenvalue weighted by Gasteiger charge is -2.27. The molecule has 1 saturated carbocycles. The number of nitrogens with one attached hydrogen (secondary N) is 1. The number of nitriles is 1. The zero-order valence-corrected chi connectivity index (χ0v) is 13.6. The Balaban J connectivity index is 1.97. The molecule has 1 aliphatic carbocycles. The van der Waals surface area contributed by atoms with Crippen molar-refractivity contribution in [2.75, 3.05) is 18.6 Å². The van der Waals surface area contributed by atoms with E-state index in [-0.39, 0.29) is 5.54 Å². The van der Waals surface area contributed by atoms with E-state index in [0.717, 1.165) is 40.2 Å². The molecule has 0 bridgehead atoms. The van der Waals surface area contributed by atoms with E-state index in [1.807, 2.05) is 6.26 Å². The summed E-state index contributed by atoms with van der Waals surface area (Å²) in [7, 11) is 0. The van der Waals surface area contributed by atoms with Crippen molar-refractivity contribution in [3.05, 3.63) is 0 Å². The average molecular weight is 315 g/mol. The monoisotopic (exact) mass is 314 g/mol. The van der Waals surface area contributed by atoms with Crippen LogP contribution in [0.25, 0.3) is 0 Å². The summed E-state index contributed by atoms with van der Waals surface area (Å²) in [5.74, 6) is 1.27. The third kappa shape index (κ3) is 3.85. The molecule has 2 rings (SSSR count). The zero-order valence-electron chi connectivity index (χ0n) is 11.2. The van der Waals surface area contributed by atoms with Crippen molar-refractivity contribution in [3.63, 3.8) is 0 Å². The van der Waals surface area contributed by atoms with E-state index < -0.39 is 0 Å². The van der Waals surface area contributed by atoms with E-state index in [1.165, 1.54) is 0 Å². The molecule has 4 nitrogen and oxygen atoms in total. The highest BCUT2D eigenvalue weighted by molar-refractivity contribution is 8.03. The highest BCUT2D eigenvalue weighted by Gasteiger charge is 2.45. The summed E-state index contributed by atoms with van der Waals surface area (Å²) in [6.07, 6.45) is 5.38. The van der Waals surface area contributed by atoms with E-state index in [1.54, 1.807) is 34.9 Å². The molecule has 1 aromatic rings. The van der Waals surface area contributed by atoms with Gasteiger partial charge in [0.15, 0.2) is 8.68 Å². The maximum absolute atomic E-state index is 9.58. The number of aromatic nitrogens is 2. The number of hydrogen-bond donors (Lipinski definition) is 1. The fourth-order valence-corrected chi connectivity index (χ4v) is 4.58. The Hall–Kier alpha value is -0.290. The molecule has 1 atom stereocenters. The van der Waals surface area contributed by atoms with Gasteiger partial charge in [0.05, 0.1) is 6.07 Å². The van der Waals surface area contributed by atoms with Gasteiger partial charge in [0.2, 0.25) is 0 Å². The molecule has 1 aromatic heterocycles. The number of hydrogen-bond acceptors (Lipinski definition) is 7. The summed E-state index contributed by atoms with van der Waals surface area (Å²) in [6, 6.07) is 2.52. The average Bonchev–Trinajstić information content (AvgIpc) is 3.19. The standard InChI is InChI=1S/C12H18N4S3/c1-3-6-14-12(7-13,9-4-5-9)8-18-11-16-15-10(17-2)19-11/h9,14H,3-6,8H2,1-2H3. The first kappa shape index (κ1) is 15.1. The second-order valence-electron chi connectivity index (χ2n) is 4.61. The first-order valence-corrected chi connectivity index (χ1v) is 9.43. The number of nitrogens with zero attached hydrogens (tertiary/aromatic N) is 3. The molecule has 1 unspecified atom stereocenters. The molecule has 0 amide bonds. The Kier molecular flexibility index (Phi) is 5.51. The molecule has 1 aliphatic rings. The summed E-state index contributed by atoms with van der Waals surface area (Å²) >= 11 is 4.87. The van der Waals surface area contributed by atoms with E-state index >= 15 is 0 Å². The lowest BCUT2D eigenvalue weighted by atomic mass is 9.97. The van der Waals surface area contributed by atoms with Crippen molar-refractivity contribution in [2.45, 2.75) is 40.4 Å². The maximum Gasteiger partial charge on any atom is 0.175 e. The Morgan fingerprint density at radius 2 is 2.21 bits per heavy atom. The number of thioether (sulfide) groups is 2. The molecule has 1 N–H and O–H groups in total. The molecule has 1 heterocycles. The van der Waals surface area contributed by atoms with Gasteiger partial charge in [0, 0.05) is 5.75 Å². The second kappa shape index (κ2) is 6.93. The van der Waals surface area contributed by atoms with E-state index in [9.17, 15) is 5.26 Å². The Morgan fingerprint density at radius 1 is 1.47 bits per heavy atom. The van der Waals surface area contributed by atoms with Gasteiger partial charge >= 0.3 is 0 Å². The molecule has 0 saturated heterocycles. The van der Waals surface area contributed by atoms with Crippen molar-refractivity contribution in [2.24, 2.45) is 5.92 Å². The highest BCUT2D eigenvalue weighted by Crippen LogP contribution is 2.42. The molecule has 104 valence electrons. The third-order valence-electron chi connectivity index (χ3n) is 3.15. The fraction of sp³-hybridized carbons (Fsp3) is 0.750. The van der Waals surface area contributed by atoms with Crippen LogP contribution in [-0.4, -0.2) is 34.3 Å². The summed E-state index contributed by atoms with van der Waals surface area (Å²) < 4.78 is 1.95. The van der Waals surface area contributed by atoms with Crippen LogP contribution >= 0.6 is 34.9 Å². The van der Waals surface area contributed by atoms with Crippen molar-refractivity contribution in [1.82, 2.24) is 15.5 Å². The van der Waals surface area contributed by atoms with Gasteiger partial charge in [-0.1, -0.05) is 41.8 Å². The summed E-state index contributed by atoms with van der Waals surface area (Å²) in [4.78, 5) is 0. The van der Waals surface area contributed by atoms with Crippen LogP contribution in [0.5, 0.6) is 0 Å². The SMILES string of the molecule is CCCNC(C#N)(CSc1nnc(SC)s1)C1CC1. The van der Waals surface area contributed by atoms with Crippen LogP contribution in [0.4, 0.5) is 0 Å². The molecule has 0 spiro atoms. The van der Waals surface area contributed by atoms with Gasteiger partial charge in [-0.3, -0.25) is 5.32 Å². The van der Waals surface area contributed by atoms with Crippen molar-refractivity contribution in [3.8, 4) is 6.07 Å². The van der Waals surface area contributed by atoms with Gasteiger partial charge in [0.25, 0.3) is 0 Å². The van der Waals surface area contributed by atoms with Gasteiger partial charge in [-0.2, -0.15) is 5.26 Å². The maximum atomic E-state index is 9.58. The molecule has 7 heteroatoms. The van der Waals surface area contributed by atoms with Crippen molar-refractivity contribution < 1.29 is 0 Å². The van der Waals surface area contributed by atoms with E-state index in [4.69, 9.17) is 0 Å². The molecular weight excluding hydrogens is 296 g/mol. The Morgan fingerprint density at radius 3 is 2.74 bits per heavy atom. The second-order valence-corrected chi connectivity index (χ2v) is 7.86. The quantitative estimate of drug-likeness (QED) is 0.744. The minimum atomic E-state index is -0.383. The minimum Gasteiger partial charge on any atom is -0.298 e. The topological polar surface area (TPSA) is 61.6 Å². The molecule has 19 heavy (non-hydrogen) atoms. The Labute approximate surface area is 126 Å². The predicted molar refractivity (Wildman–Crippen MR) is 81.8 cm³/mol. The predicted octanol–water partition coefficient (Wildman–Crippen LogP) is 3.02. The van der Waals surface area contributed by atoms with Gasteiger partial charge in [-0.05, 0) is 38.0 Å². The zero-order chi connectivity index (χ0) is 13.7. The smallest absolute Gasteiger partial charge is 0.175 e. The number of rotatable bonds is 8. The third-order valence-corrected chi connectivity index (χ3v) is 6.38. The van der Waals surface area contributed by atoms with E-state index in [2.05, 4.69) is 28.5 Å². The molecule has 0 aliphatic heterocycles. The summed E-state index contributed by atoms with van der Waals surface area (Å²) in [5.41, 5.74) is -0.383. The van der Waals surface area contributed by atoms with Crippen LogP contribution in [0.1, 0.15) is 26.2 Å². The normalized spacial score (nSPS) is 17.9. The van der Waals surface area contributed by atoms with Crippen LogP contribution < -0.4 is 5.32 Å². The Bertz CT molecular complexity index is 452. The summed E-state index contributed by atoms with van der Waals surface area (Å²) in [5, 5.41) is 21.3. The molecule has 1 fully saturated rings. The van der Waals surface area contributed by atoms with Crippen LogP contribution in [0, 0.1) is 17.2 Å². The van der Waals surface area contributed by atoms with Crippen molar-refractivity contribution >= 4 is 34.9 Å². The van der Waals surface area contributed by atoms with Crippen molar-refractivity contribution in [1.29, 1.82) is 5.26 Å². The molecule has 0 radical (unpaired) electrons. The first-order chi connectivity index (χ1) is 9.24. The largest absolute Gasteiger partial charge is 0.298 e. The van der Waals surface area contributed by atoms with Crippen LogP contribution in [-0.2, 0) is 0 Å². The lowest BCUT2D eigenvalue weighted by molar-refractivity contribution is 0.405. The van der Waals surface area contributed by atoms with Gasteiger partial charge in [0.1, 0.15) is 5.54 Å². The summed E-state index contributed by atoms with van der Waals surface area (Å²) in [6.45, 7) is 3.03. The minimum absolute atomic E-state index is 0.383. The van der Waals surface area contributed by atoms with Gasteiger partial charge < -0.3 is 0 Å². The first-order valence-electron chi connectivity index (χ1n) is 6.40. The van der Waals surface area contributed by atoms with Gasteiger partial charge in [-0.15, -0.1) is 10.2 Å². The highest BCUT2D eigenvalue weighted by atomic mass is 32.2. The van der Waals surface area contributed by atoms with Crippen LogP contribution in [0.15, 0.2) is 8.68 Å². The lowest BCUT2D eigenvalue weighted by Crippen LogP contribution is -2.48. The van der Waals surface area contributed by atoms with Gasteiger partial charge in [-0.25, -0.2) is 0 Å². The van der Waals surface area contributed by atoms with Crippen LogP contribution in [0.3, 0.4) is 0 Å². The van der Waals surface area contributed by atoms with Crippen LogP contribution in [0.2, 0.25) is 0 Å².